The summed E-state index contributed by atoms with van der Waals surface area (Å²) in [4.78, 5) is 35.0. The number of carbonyl (C=O) groups is 2. The first-order valence-electron chi connectivity index (χ1n) is 21.3. The number of esters is 2. The molecule has 0 aromatic rings. The molecular formula is C48H73O11P. The number of phosphoric acid groups is 1. The van der Waals surface area contributed by atoms with Crippen LogP contribution in [0, 0.1) is 0 Å². The summed E-state index contributed by atoms with van der Waals surface area (Å²) in [6.07, 6.45) is 51.8. The Morgan fingerprint density at radius 3 is 1.50 bits per heavy atom. The highest BCUT2D eigenvalue weighted by atomic mass is 31.2. The van der Waals surface area contributed by atoms with Gasteiger partial charge in [-0.25, -0.2) is 4.57 Å². The van der Waals surface area contributed by atoms with E-state index in [1.54, 1.807) is 12.2 Å². The first-order chi connectivity index (χ1) is 29.1. The molecule has 0 amide bonds. The molecule has 11 nitrogen and oxygen atoms in total. The van der Waals surface area contributed by atoms with Crippen molar-refractivity contribution in [1.82, 2.24) is 0 Å². The molecule has 2 unspecified atom stereocenters. The van der Waals surface area contributed by atoms with Crippen molar-refractivity contribution >= 4 is 19.8 Å². The second-order valence-corrected chi connectivity index (χ2v) is 14.9. The van der Waals surface area contributed by atoms with E-state index in [4.69, 9.17) is 19.1 Å². The van der Waals surface area contributed by atoms with Crippen molar-refractivity contribution in [1.29, 1.82) is 0 Å². The van der Waals surface area contributed by atoms with Gasteiger partial charge >= 0.3 is 19.8 Å². The van der Waals surface area contributed by atoms with Gasteiger partial charge in [0.15, 0.2) is 6.10 Å². The van der Waals surface area contributed by atoms with E-state index in [0.717, 1.165) is 64.2 Å². The van der Waals surface area contributed by atoms with Gasteiger partial charge in [-0.05, 0) is 83.5 Å². The summed E-state index contributed by atoms with van der Waals surface area (Å²) in [7, 11) is -4.70. The fraction of sp³-hybridized carbons (Fsp3) is 0.500. The SMILES string of the molecule is CC/C=C\C/C=C\C/C=C\C/C=C\C=C\C(O)CCCC(=O)O[C@H](COC(=O)CC/C=C\C/C=C\C/C=C\C/C=C\C/C=C\C/C=C\CC)COP(=O)(O)OC[C@@H](O)CO. The second-order valence-electron chi connectivity index (χ2n) is 13.4. The smallest absolute Gasteiger partial charge is 0.462 e. The summed E-state index contributed by atoms with van der Waals surface area (Å²) in [6, 6.07) is 0. The molecule has 0 bridgehead atoms. The lowest BCUT2D eigenvalue weighted by Gasteiger charge is -2.20. The molecule has 4 N–H and O–H groups in total. The highest BCUT2D eigenvalue weighted by Crippen LogP contribution is 2.43. The first kappa shape index (κ1) is 56.1. The Morgan fingerprint density at radius 2 is 1.02 bits per heavy atom. The van der Waals surface area contributed by atoms with E-state index >= 15 is 0 Å². The zero-order chi connectivity index (χ0) is 44.2. The van der Waals surface area contributed by atoms with Gasteiger partial charge in [0.25, 0.3) is 0 Å². The Labute approximate surface area is 360 Å². The van der Waals surface area contributed by atoms with Crippen molar-refractivity contribution in [2.45, 2.75) is 128 Å². The number of phosphoric ester groups is 1. The highest BCUT2D eigenvalue weighted by molar-refractivity contribution is 7.47. The molecule has 0 aromatic heterocycles. The Kier molecular flexibility index (Phi) is 39.1. The van der Waals surface area contributed by atoms with Crippen molar-refractivity contribution in [3.63, 3.8) is 0 Å². The molecule has 0 aliphatic heterocycles. The summed E-state index contributed by atoms with van der Waals surface area (Å²) >= 11 is 0. The average Bonchev–Trinajstić information content (AvgIpc) is 3.23. The van der Waals surface area contributed by atoms with Gasteiger partial charge in [0.2, 0.25) is 0 Å². The van der Waals surface area contributed by atoms with Crippen molar-refractivity contribution < 1.29 is 52.9 Å². The van der Waals surface area contributed by atoms with Crippen LogP contribution >= 0.6 is 7.82 Å². The largest absolute Gasteiger partial charge is 0.472 e. The number of aliphatic hydroxyl groups is 3. The van der Waals surface area contributed by atoms with Gasteiger partial charge in [0.05, 0.1) is 25.9 Å². The lowest BCUT2D eigenvalue weighted by Crippen LogP contribution is -2.30. The van der Waals surface area contributed by atoms with E-state index in [0.29, 0.717) is 12.8 Å². The standard InChI is InChI=1S/C48H73O11P/c1-3-5-7-9-11-13-15-17-18-19-20-21-22-24-26-28-30-32-34-38-47(52)56-42-46(43-58-60(54,55)57-41-45(51)40-49)59-48(53)39-35-37-44(50)36-33-31-29-27-25-23-16-14-12-10-8-6-4-2/h5-8,11-14,17-18,20-21,23-26,29-33,36,44-46,49-51H,3-4,9-10,15-16,19,22,27-28,34-35,37-43H2,1-2H3,(H,54,55)/b7-5-,8-6-,13-11-,14-12-,18-17-,21-20-,25-23-,26-24-,31-29-,32-30-,36-33+/t44?,45-,46+/m0/s1. The maximum atomic E-state index is 12.6. The number of rotatable bonds is 37. The normalized spacial score (nSPS) is 15.6. The van der Waals surface area contributed by atoms with Crippen LogP contribution in [-0.2, 0) is 32.7 Å². The molecule has 0 aliphatic rings. The zero-order valence-corrected chi connectivity index (χ0v) is 36.9. The lowest BCUT2D eigenvalue weighted by atomic mass is 10.1. The molecule has 60 heavy (non-hydrogen) atoms. The van der Waals surface area contributed by atoms with Gasteiger partial charge in [-0.2, -0.15) is 0 Å². The monoisotopic (exact) mass is 856 g/mol. The van der Waals surface area contributed by atoms with E-state index in [1.807, 2.05) is 30.4 Å². The van der Waals surface area contributed by atoms with E-state index in [1.165, 1.54) is 0 Å². The average molecular weight is 857 g/mol. The van der Waals surface area contributed by atoms with Crippen molar-refractivity contribution in [2.24, 2.45) is 0 Å². The van der Waals surface area contributed by atoms with Crippen molar-refractivity contribution in [3.05, 3.63) is 134 Å². The van der Waals surface area contributed by atoms with E-state index in [-0.39, 0.29) is 19.3 Å². The molecule has 0 radical (unpaired) electrons. The summed E-state index contributed by atoms with van der Waals surface area (Å²) in [6.45, 7) is 1.80. The molecule has 0 aromatic carbocycles. The molecule has 336 valence electrons. The number of carbonyl (C=O) groups excluding carboxylic acids is 2. The molecule has 0 heterocycles. The molecule has 0 aliphatic carbocycles. The van der Waals surface area contributed by atoms with Crippen LogP contribution in [0.2, 0.25) is 0 Å². The van der Waals surface area contributed by atoms with Crippen LogP contribution in [0.15, 0.2) is 134 Å². The minimum atomic E-state index is -4.70. The number of allylic oxidation sites excluding steroid dienone is 21. The molecule has 4 atom stereocenters. The summed E-state index contributed by atoms with van der Waals surface area (Å²) < 4.78 is 32.5. The Hall–Kier alpha value is -3.93. The summed E-state index contributed by atoms with van der Waals surface area (Å²) in [5, 5.41) is 28.6. The third kappa shape index (κ3) is 40.8. The Bertz CT molecular complexity index is 1470. The van der Waals surface area contributed by atoms with Gasteiger partial charge in [0.1, 0.15) is 12.7 Å². The minimum absolute atomic E-state index is 0.0661. The lowest BCUT2D eigenvalue weighted by molar-refractivity contribution is -0.161. The fourth-order valence-electron chi connectivity index (χ4n) is 4.69. The van der Waals surface area contributed by atoms with Gasteiger partial charge < -0.3 is 29.7 Å². The van der Waals surface area contributed by atoms with Crippen LogP contribution in [0.4, 0.5) is 0 Å². The maximum Gasteiger partial charge on any atom is 0.472 e. The van der Waals surface area contributed by atoms with E-state index < -0.39 is 64.5 Å². The van der Waals surface area contributed by atoms with Crippen LogP contribution in [0.5, 0.6) is 0 Å². The topological polar surface area (TPSA) is 169 Å². The molecule has 0 saturated heterocycles. The molecular weight excluding hydrogens is 783 g/mol. The van der Waals surface area contributed by atoms with Crippen molar-refractivity contribution in [3.8, 4) is 0 Å². The van der Waals surface area contributed by atoms with Crippen LogP contribution in [0.1, 0.15) is 110 Å². The number of hydrogen-bond donors (Lipinski definition) is 4. The molecule has 0 rings (SSSR count). The number of hydrogen-bond acceptors (Lipinski definition) is 10. The molecule has 0 fully saturated rings. The molecule has 12 heteroatoms. The zero-order valence-electron chi connectivity index (χ0n) is 36.0. The van der Waals surface area contributed by atoms with Crippen LogP contribution in [-0.4, -0.2) is 76.9 Å². The van der Waals surface area contributed by atoms with Gasteiger partial charge in [-0.1, -0.05) is 148 Å². The second kappa shape index (κ2) is 41.8. The Morgan fingerprint density at radius 1 is 0.567 bits per heavy atom. The first-order valence-corrected chi connectivity index (χ1v) is 22.7. The van der Waals surface area contributed by atoms with Gasteiger partial charge in [-0.3, -0.25) is 18.6 Å². The predicted molar refractivity (Wildman–Crippen MR) is 243 cm³/mol. The fourth-order valence-corrected chi connectivity index (χ4v) is 5.48. The minimum Gasteiger partial charge on any atom is -0.462 e. The third-order valence-corrected chi connectivity index (χ3v) is 8.87. The van der Waals surface area contributed by atoms with Crippen LogP contribution < -0.4 is 0 Å². The predicted octanol–water partition coefficient (Wildman–Crippen LogP) is 10.3. The van der Waals surface area contributed by atoms with Gasteiger partial charge in [-0.15, -0.1) is 0 Å². The molecule has 0 saturated carbocycles. The Balaban J connectivity index is 4.66. The quantitative estimate of drug-likeness (QED) is 0.0203. The summed E-state index contributed by atoms with van der Waals surface area (Å²) in [5.41, 5.74) is 0. The molecule has 0 spiro atoms. The third-order valence-electron chi connectivity index (χ3n) is 7.92. The summed E-state index contributed by atoms with van der Waals surface area (Å²) in [5.74, 6) is -1.25. The van der Waals surface area contributed by atoms with E-state index in [9.17, 15) is 29.3 Å². The van der Waals surface area contributed by atoms with Gasteiger partial charge in [0, 0.05) is 12.8 Å². The van der Waals surface area contributed by atoms with E-state index in [2.05, 4.69) is 110 Å². The van der Waals surface area contributed by atoms with Crippen LogP contribution in [0.25, 0.3) is 0 Å². The maximum absolute atomic E-state index is 12.6. The van der Waals surface area contributed by atoms with Crippen LogP contribution in [0.3, 0.4) is 0 Å². The number of aliphatic hydroxyl groups excluding tert-OH is 3. The highest BCUT2D eigenvalue weighted by Gasteiger charge is 2.27. The number of ether oxygens (including phenoxy) is 2. The van der Waals surface area contributed by atoms with Crippen molar-refractivity contribution in [2.75, 3.05) is 26.4 Å².